The molecule has 3 nitrogen and oxygen atoms in total. The van der Waals surface area contributed by atoms with Gasteiger partial charge in [0.15, 0.2) is 0 Å². The predicted molar refractivity (Wildman–Crippen MR) is 79.0 cm³/mol. The Kier molecular flexibility index (Phi) is 5.52. The summed E-state index contributed by atoms with van der Waals surface area (Å²) in [4.78, 5) is 2.40. The molecule has 2 unspecified atom stereocenters. The zero-order valence-electron chi connectivity index (χ0n) is 12.4. The lowest BCUT2D eigenvalue weighted by Crippen LogP contribution is -2.41. The van der Waals surface area contributed by atoms with Crippen molar-refractivity contribution in [2.45, 2.75) is 31.8 Å². The summed E-state index contributed by atoms with van der Waals surface area (Å²) in [6, 6.07) is 6.94. The van der Waals surface area contributed by atoms with Crippen molar-refractivity contribution >= 4 is 0 Å². The molecule has 20 heavy (non-hydrogen) atoms. The average molecular weight is 280 g/mol. The zero-order valence-corrected chi connectivity index (χ0v) is 12.4. The highest BCUT2D eigenvalue weighted by Gasteiger charge is 2.32. The Labute approximate surface area is 120 Å². The van der Waals surface area contributed by atoms with Gasteiger partial charge >= 0.3 is 0 Å². The monoisotopic (exact) mass is 280 g/mol. The maximum absolute atomic E-state index is 13.0. The number of benzene rings is 1. The predicted octanol–water partition coefficient (Wildman–Crippen LogP) is 2.57. The van der Waals surface area contributed by atoms with E-state index in [1.54, 1.807) is 19.2 Å². The van der Waals surface area contributed by atoms with Crippen molar-refractivity contribution in [3.63, 3.8) is 0 Å². The SMILES string of the molecule is COCCN(CC(N)c1ccc(F)cc1)C(C)C1CC1. The standard InChI is InChI=1S/C16H25FN2O/c1-12(13-3-4-13)19(9-10-20-2)11-16(18)14-5-7-15(17)8-6-14/h5-8,12-13,16H,3-4,9-11,18H2,1-2H3. The van der Waals surface area contributed by atoms with Crippen LogP contribution in [0.4, 0.5) is 4.39 Å². The van der Waals surface area contributed by atoms with Crippen LogP contribution in [-0.2, 0) is 4.74 Å². The zero-order chi connectivity index (χ0) is 14.5. The molecule has 2 N–H and O–H groups in total. The number of ether oxygens (including phenoxy) is 1. The fourth-order valence-electron chi connectivity index (χ4n) is 2.61. The van der Waals surface area contributed by atoms with Crippen LogP contribution in [0.5, 0.6) is 0 Å². The van der Waals surface area contributed by atoms with Crippen LogP contribution in [-0.4, -0.2) is 37.7 Å². The molecule has 0 spiro atoms. The van der Waals surface area contributed by atoms with E-state index >= 15 is 0 Å². The third kappa shape index (κ3) is 4.27. The van der Waals surface area contributed by atoms with Gasteiger partial charge in [-0.3, -0.25) is 4.90 Å². The Hall–Kier alpha value is -0.970. The topological polar surface area (TPSA) is 38.5 Å². The molecule has 1 aliphatic carbocycles. The van der Waals surface area contributed by atoms with E-state index in [0.29, 0.717) is 12.6 Å². The fourth-order valence-corrected chi connectivity index (χ4v) is 2.61. The molecule has 1 aromatic carbocycles. The molecule has 0 saturated heterocycles. The lowest BCUT2D eigenvalue weighted by molar-refractivity contribution is 0.112. The van der Waals surface area contributed by atoms with Crippen molar-refractivity contribution in [2.75, 3.05) is 26.8 Å². The van der Waals surface area contributed by atoms with Crippen LogP contribution in [0.15, 0.2) is 24.3 Å². The first-order valence-corrected chi connectivity index (χ1v) is 7.36. The average Bonchev–Trinajstić information content (AvgIpc) is 3.27. The second-order valence-corrected chi connectivity index (χ2v) is 5.72. The van der Waals surface area contributed by atoms with Gasteiger partial charge in [-0.05, 0) is 43.4 Å². The van der Waals surface area contributed by atoms with Crippen molar-refractivity contribution in [3.05, 3.63) is 35.6 Å². The molecule has 0 bridgehead atoms. The quantitative estimate of drug-likeness (QED) is 0.795. The van der Waals surface area contributed by atoms with E-state index in [0.717, 1.165) is 24.6 Å². The highest BCUT2D eigenvalue weighted by molar-refractivity contribution is 5.19. The van der Waals surface area contributed by atoms with E-state index in [2.05, 4.69) is 11.8 Å². The van der Waals surface area contributed by atoms with E-state index in [9.17, 15) is 4.39 Å². The van der Waals surface area contributed by atoms with Gasteiger partial charge in [-0.1, -0.05) is 12.1 Å². The normalized spacial score (nSPS) is 18.2. The minimum Gasteiger partial charge on any atom is -0.383 e. The van der Waals surface area contributed by atoms with E-state index in [1.165, 1.54) is 25.0 Å². The molecular weight excluding hydrogens is 255 g/mol. The van der Waals surface area contributed by atoms with Crippen molar-refractivity contribution in [1.29, 1.82) is 0 Å². The summed E-state index contributed by atoms with van der Waals surface area (Å²) >= 11 is 0. The van der Waals surface area contributed by atoms with E-state index in [4.69, 9.17) is 10.5 Å². The number of nitrogens with two attached hydrogens (primary N) is 1. The van der Waals surface area contributed by atoms with Crippen LogP contribution in [0.1, 0.15) is 31.4 Å². The van der Waals surface area contributed by atoms with Crippen LogP contribution in [0.25, 0.3) is 0 Å². The largest absolute Gasteiger partial charge is 0.383 e. The third-order valence-electron chi connectivity index (χ3n) is 4.19. The highest BCUT2D eigenvalue weighted by atomic mass is 19.1. The van der Waals surface area contributed by atoms with Gasteiger partial charge in [-0.2, -0.15) is 0 Å². The Bertz CT molecular complexity index is 405. The number of hydrogen-bond acceptors (Lipinski definition) is 3. The minimum atomic E-state index is -0.219. The van der Waals surface area contributed by atoms with Crippen molar-refractivity contribution < 1.29 is 9.13 Å². The van der Waals surface area contributed by atoms with Crippen LogP contribution in [0.2, 0.25) is 0 Å². The van der Waals surface area contributed by atoms with Gasteiger partial charge < -0.3 is 10.5 Å². The van der Waals surface area contributed by atoms with Gasteiger partial charge in [-0.15, -0.1) is 0 Å². The molecule has 4 heteroatoms. The molecule has 2 atom stereocenters. The third-order valence-corrected chi connectivity index (χ3v) is 4.19. The summed E-state index contributed by atoms with van der Waals surface area (Å²) in [5.41, 5.74) is 7.25. The van der Waals surface area contributed by atoms with Gasteiger partial charge in [0.1, 0.15) is 5.82 Å². The molecule has 0 aliphatic heterocycles. The van der Waals surface area contributed by atoms with Gasteiger partial charge in [0.05, 0.1) is 6.61 Å². The molecule has 0 heterocycles. The van der Waals surface area contributed by atoms with Gasteiger partial charge in [0, 0.05) is 32.3 Å². The molecular formula is C16H25FN2O. The lowest BCUT2D eigenvalue weighted by Gasteiger charge is -2.31. The van der Waals surface area contributed by atoms with Crippen LogP contribution in [0, 0.1) is 11.7 Å². The summed E-state index contributed by atoms with van der Waals surface area (Å²) in [7, 11) is 1.72. The molecule has 1 fully saturated rings. The minimum absolute atomic E-state index is 0.0892. The molecule has 112 valence electrons. The summed E-state index contributed by atoms with van der Waals surface area (Å²) in [6.45, 7) is 4.66. The van der Waals surface area contributed by atoms with Crippen molar-refractivity contribution in [3.8, 4) is 0 Å². The first kappa shape index (κ1) is 15.4. The van der Waals surface area contributed by atoms with E-state index in [-0.39, 0.29) is 11.9 Å². The first-order valence-electron chi connectivity index (χ1n) is 7.36. The molecule has 0 radical (unpaired) electrons. The molecule has 0 amide bonds. The summed E-state index contributed by atoms with van der Waals surface area (Å²) < 4.78 is 18.1. The number of hydrogen-bond donors (Lipinski definition) is 1. The second-order valence-electron chi connectivity index (χ2n) is 5.72. The van der Waals surface area contributed by atoms with Crippen LogP contribution < -0.4 is 5.73 Å². The highest BCUT2D eigenvalue weighted by Crippen LogP contribution is 2.35. The summed E-state index contributed by atoms with van der Waals surface area (Å²) in [6.07, 6.45) is 2.63. The fraction of sp³-hybridized carbons (Fsp3) is 0.625. The second kappa shape index (κ2) is 7.16. The first-order chi connectivity index (χ1) is 9.61. The molecule has 1 saturated carbocycles. The Morgan fingerprint density at radius 1 is 1.35 bits per heavy atom. The smallest absolute Gasteiger partial charge is 0.123 e. The lowest BCUT2D eigenvalue weighted by atomic mass is 10.1. The molecule has 2 rings (SSSR count). The maximum atomic E-state index is 13.0. The summed E-state index contributed by atoms with van der Waals surface area (Å²) in [5, 5.41) is 0. The number of halogens is 1. The number of rotatable bonds is 8. The van der Waals surface area contributed by atoms with Gasteiger partial charge in [-0.25, -0.2) is 4.39 Å². The summed E-state index contributed by atoms with van der Waals surface area (Å²) in [5.74, 6) is 0.579. The Balaban J connectivity index is 1.96. The molecule has 0 aromatic heterocycles. The maximum Gasteiger partial charge on any atom is 0.123 e. The Morgan fingerprint density at radius 2 is 2.00 bits per heavy atom. The van der Waals surface area contributed by atoms with Crippen molar-refractivity contribution in [1.82, 2.24) is 4.90 Å². The van der Waals surface area contributed by atoms with Crippen LogP contribution >= 0.6 is 0 Å². The van der Waals surface area contributed by atoms with Gasteiger partial charge in [0.25, 0.3) is 0 Å². The number of methoxy groups -OCH3 is 1. The number of nitrogens with zero attached hydrogens (tertiary/aromatic N) is 1. The van der Waals surface area contributed by atoms with E-state index in [1.807, 2.05) is 0 Å². The molecule has 1 aromatic rings. The van der Waals surface area contributed by atoms with Crippen molar-refractivity contribution in [2.24, 2.45) is 11.7 Å². The van der Waals surface area contributed by atoms with Gasteiger partial charge in [0.2, 0.25) is 0 Å². The van der Waals surface area contributed by atoms with E-state index < -0.39 is 0 Å². The van der Waals surface area contributed by atoms with Crippen LogP contribution in [0.3, 0.4) is 0 Å². The Morgan fingerprint density at radius 3 is 2.55 bits per heavy atom. The molecule has 1 aliphatic rings.